The van der Waals surface area contributed by atoms with Gasteiger partial charge in [0.25, 0.3) is 0 Å². The standard InChI is InChI=1S/C20H37N5O4S/c1-24(2)20-21-12-25(22-20)16-7-4-6-15(11-16)23-30(28,29)18-10-14(19(26)27)9-13-5-3-8-17(13)18/h13-18,20-23H,3-12H2,1-2H3,(H,26,27). The molecule has 1 aliphatic heterocycles. The van der Waals surface area contributed by atoms with Crippen molar-refractivity contribution in [2.45, 2.75) is 81.4 Å². The Balaban J connectivity index is 1.40. The number of rotatable bonds is 6. The zero-order valence-electron chi connectivity index (χ0n) is 18.1. The molecule has 3 aliphatic carbocycles. The van der Waals surface area contributed by atoms with Gasteiger partial charge in [0.1, 0.15) is 6.29 Å². The summed E-state index contributed by atoms with van der Waals surface area (Å²) in [6.45, 7) is 0.736. The second-order valence-electron chi connectivity index (χ2n) is 9.91. The van der Waals surface area contributed by atoms with E-state index < -0.39 is 27.2 Å². The maximum Gasteiger partial charge on any atom is 0.306 e. The first kappa shape index (κ1) is 22.4. The summed E-state index contributed by atoms with van der Waals surface area (Å²) in [5.41, 5.74) is 3.46. The Hall–Kier alpha value is -0.780. The van der Waals surface area contributed by atoms with Crippen molar-refractivity contribution in [3.8, 4) is 0 Å². The smallest absolute Gasteiger partial charge is 0.306 e. The van der Waals surface area contributed by atoms with E-state index in [9.17, 15) is 18.3 Å². The molecule has 0 radical (unpaired) electrons. The summed E-state index contributed by atoms with van der Waals surface area (Å²) in [6.07, 6.45) is 7.52. The van der Waals surface area contributed by atoms with Gasteiger partial charge in [-0.15, -0.1) is 0 Å². The van der Waals surface area contributed by atoms with Crippen LogP contribution in [0.2, 0.25) is 0 Å². The van der Waals surface area contributed by atoms with E-state index >= 15 is 0 Å². The molecule has 172 valence electrons. The van der Waals surface area contributed by atoms with Gasteiger partial charge < -0.3 is 5.11 Å². The molecular formula is C20H37N5O4S. The molecule has 0 aromatic heterocycles. The largest absolute Gasteiger partial charge is 0.481 e. The molecule has 10 heteroatoms. The van der Waals surface area contributed by atoms with Gasteiger partial charge in [-0.25, -0.2) is 23.6 Å². The number of carboxylic acids is 1. The first-order valence-corrected chi connectivity index (χ1v) is 13.0. The van der Waals surface area contributed by atoms with Crippen molar-refractivity contribution in [2.24, 2.45) is 17.8 Å². The molecule has 9 nitrogen and oxygen atoms in total. The lowest BCUT2D eigenvalue weighted by molar-refractivity contribution is -0.143. The quantitative estimate of drug-likeness (QED) is 0.475. The fourth-order valence-corrected chi connectivity index (χ4v) is 8.32. The number of hydrogen-bond acceptors (Lipinski definition) is 7. The SMILES string of the molecule is CN(C)C1NCN(C2CCCC(NS(=O)(=O)C3CC(C(=O)O)CC4CCCC43)C2)N1. The lowest BCUT2D eigenvalue weighted by atomic mass is 9.75. The lowest BCUT2D eigenvalue weighted by Crippen LogP contribution is -2.53. The number of fused-ring (bicyclic) bond motifs is 1. The second-order valence-corrected chi connectivity index (χ2v) is 11.8. The van der Waals surface area contributed by atoms with Crippen LogP contribution in [-0.4, -0.2) is 73.8 Å². The highest BCUT2D eigenvalue weighted by Crippen LogP contribution is 2.47. The Morgan fingerprint density at radius 2 is 1.87 bits per heavy atom. The summed E-state index contributed by atoms with van der Waals surface area (Å²) in [5, 5.41) is 14.6. The molecular weight excluding hydrogens is 406 g/mol. The van der Waals surface area contributed by atoms with E-state index in [-0.39, 0.29) is 36.6 Å². The van der Waals surface area contributed by atoms with E-state index in [0.717, 1.165) is 51.6 Å². The molecule has 3 saturated carbocycles. The van der Waals surface area contributed by atoms with Crippen molar-refractivity contribution < 1.29 is 18.3 Å². The highest BCUT2D eigenvalue weighted by atomic mass is 32.2. The van der Waals surface area contributed by atoms with E-state index in [1.54, 1.807) is 0 Å². The predicted molar refractivity (Wildman–Crippen MR) is 114 cm³/mol. The van der Waals surface area contributed by atoms with Gasteiger partial charge in [-0.2, -0.15) is 0 Å². The van der Waals surface area contributed by atoms with Crippen LogP contribution >= 0.6 is 0 Å². The molecule has 7 unspecified atom stereocenters. The van der Waals surface area contributed by atoms with E-state index in [4.69, 9.17) is 0 Å². The Labute approximate surface area is 180 Å². The first-order valence-electron chi connectivity index (χ1n) is 11.4. The van der Waals surface area contributed by atoms with Gasteiger partial charge in [0, 0.05) is 12.1 Å². The van der Waals surface area contributed by atoms with Crippen LogP contribution in [0.15, 0.2) is 0 Å². The van der Waals surface area contributed by atoms with Gasteiger partial charge in [0.05, 0.1) is 17.8 Å². The normalized spacial score (nSPS) is 40.6. The Bertz CT molecular complexity index is 733. The lowest BCUT2D eigenvalue weighted by Gasteiger charge is -2.39. The van der Waals surface area contributed by atoms with Crippen LogP contribution in [0.4, 0.5) is 0 Å². The first-order chi connectivity index (χ1) is 14.2. The topological polar surface area (TPSA) is 114 Å². The summed E-state index contributed by atoms with van der Waals surface area (Å²) in [4.78, 5) is 13.7. The Morgan fingerprint density at radius 1 is 1.10 bits per heavy atom. The molecule has 1 heterocycles. The zero-order chi connectivity index (χ0) is 21.5. The minimum atomic E-state index is -3.55. The molecule has 4 aliphatic rings. The van der Waals surface area contributed by atoms with Crippen LogP contribution < -0.4 is 15.5 Å². The molecule has 7 atom stereocenters. The number of aliphatic carboxylic acids is 1. The average molecular weight is 444 g/mol. The van der Waals surface area contributed by atoms with Gasteiger partial charge in [0.2, 0.25) is 10.0 Å². The summed E-state index contributed by atoms with van der Waals surface area (Å²) in [5.74, 6) is -1.03. The summed E-state index contributed by atoms with van der Waals surface area (Å²) in [6, 6.07) is 0.195. The second kappa shape index (κ2) is 8.99. The average Bonchev–Trinajstić information content (AvgIpc) is 3.36. The third kappa shape index (κ3) is 4.68. The number of hydrazine groups is 1. The number of hydrogen-bond donors (Lipinski definition) is 4. The molecule has 0 aromatic rings. The molecule has 0 bridgehead atoms. The minimum Gasteiger partial charge on any atom is -0.481 e. The van der Waals surface area contributed by atoms with Crippen molar-refractivity contribution in [2.75, 3.05) is 20.8 Å². The van der Waals surface area contributed by atoms with Crippen molar-refractivity contribution >= 4 is 16.0 Å². The van der Waals surface area contributed by atoms with Crippen LogP contribution in [-0.2, 0) is 14.8 Å². The highest BCUT2D eigenvalue weighted by Gasteiger charge is 2.48. The van der Waals surface area contributed by atoms with Crippen LogP contribution in [0.5, 0.6) is 0 Å². The van der Waals surface area contributed by atoms with Gasteiger partial charge in [-0.1, -0.05) is 19.3 Å². The Morgan fingerprint density at radius 3 is 2.57 bits per heavy atom. The van der Waals surface area contributed by atoms with Gasteiger partial charge in [-0.3, -0.25) is 15.0 Å². The van der Waals surface area contributed by atoms with Gasteiger partial charge >= 0.3 is 5.97 Å². The van der Waals surface area contributed by atoms with Crippen LogP contribution in [0, 0.1) is 17.8 Å². The number of nitrogens with one attached hydrogen (secondary N) is 3. The molecule has 0 spiro atoms. The molecule has 4 N–H and O–H groups in total. The number of carbonyl (C=O) groups is 1. The predicted octanol–water partition coefficient (Wildman–Crippen LogP) is 0.709. The van der Waals surface area contributed by atoms with Crippen molar-refractivity contribution in [3.63, 3.8) is 0 Å². The molecule has 0 amide bonds. The van der Waals surface area contributed by atoms with Crippen molar-refractivity contribution in [3.05, 3.63) is 0 Å². The molecule has 0 aromatic carbocycles. The monoisotopic (exact) mass is 443 g/mol. The van der Waals surface area contributed by atoms with E-state index in [1.807, 2.05) is 14.1 Å². The molecule has 1 saturated heterocycles. The number of sulfonamides is 1. The van der Waals surface area contributed by atoms with E-state index in [2.05, 4.69) is 25.4 Å². The summed E-state index contributed by atoms with van der Waals surface area (Å²) >= 11 is 0. The molecule has 4 fully saturated rings. The molecule has 4 rings (SSSR count). The maximum absolute atomic E-state index is 13.4. The van der Waals surface area contributed by atoms with Gasteiger partial charge in [0.15, 0.2) is 0 Å². The van der Waals surface area contributed by atoms with Gasteiger partial charge in [-0.05, 0) is 64.5 Å². The number of carboxylic acid groups (broad SMARTS) is 1. The van der Waals surface area contributed by atoms with Crippen molar-refractivity contribution in [1.82, 2.24) is 25.4 Å². The molecule has 30 heavy (non-hydrogen) atoms. The fourth-order valence-electron chi connectivity index (χ4n) is 6.16. The Kier molecular flexibility index (Phi) is 6.72. The van der Waals surface area contributed by atoms with Crippen molar-refractivity contribution in [1.29, 1.82) is 0 Å². The fraction of sp³-hybridized carbons (Fsp3) is 0.950. The maximum atomic E-state index is 13.4. The minimum absolute atomic E-state index is 0.0842. The van der Waals surface area contributed by atoms with Crippen LogP contribution in [0.1, 0.15) is 57.8 Å². The third-order valence-electron chi connectivity index (χ3n) is 7.73. The van der Waals surface area contributed by atoms with Crippen LogP contribution in [0.3, 0.4) is 0 Å². The van der Waals surface area contributed by atoms with E-state index in [0.29, 0.717) is 6.42 Å². The summed E-state index contributed by atoms with van der Waals surface area (Å²) < 4.78 is 29.8. The highest BCUT2D eigenvalue weighted by molar-refractivity contribution is 7.90. The third-order valence-corrected chi connectivity index (χ3v) is 9.73. The summed E-state index contributed by atoms with van der Waals surface area (Å²) in [7, 11) is 0.471. The van der Waals surface area contributed by atoms with E-state index in [1.165, 1.54) is 0 Å². The number of nitrogens with zero attached hydrogens (tertiary/aromatic N) is 2. The van der Waals surface area contributed by atoms with Crippen LogP contribution in [0.25, 0.3) is 0 Å². The zero-order valence-corrected chi connectivity index (χ0v) is 18.9.